The van der Waals surface area contributed by atoms with Crippen molar-refractivity contribution in [2.24, 2.45) is 12.8 Å². The summed E-state index contributed by atoms with van der Waals surface area (Å²) in [4.78, 5) is 53.4. The molecular formula is C21H25N9O3. The van der Waals surface area contributed by atoms with Gasteiger partial charge in [0.15, 0.2) is 11.2 Å². The quantitative estimate of drug-likeness (QED) is 0.483. The van der Waals surface area contributed by atoms with Crippen molar-refractivity contribution in [3.63, 3.8) is 0 Å². The standard InChI is InChI=1S/C21H25N9O3/c1-3-4-11-29-16-17(26-20(29)28-10-5-7-14(22)12-28)27(2)21(33)30(18(16)32)13-15(31)25-19-23-8-6-9-24-19/h6,8-9,14H,5,7,10-13,22H2,1-2H3,(H,23,24,25,31). The van der Waals surface area contributed by atoms with Crippen molar-refractivity contribution in [2.45, 2.75) is 38.9 Å². The molecule has 0 aromatic carbocycles. The van der Waals surface area contributed by atoms with Crippen molar-refractivity contribution in [3.05, 3.63) is 39.3 Å². The maximum absolute atomic E-state index is 13.4. The van der Waals surface area contributed by atoms with Crippen LogP contribution in [0.1, 0.15) is 19.8 Å². The first kappa shape index (κ1) is 22.2. The molecule has 0 bridgehead atoms. The van der Waals surface area contributed by atoms with E-state index in [4.69, 9.17) is 5.73 Å². The molecule has 1 aliphatic heterocycles. The summed E-state index contributed by atoms with van der Waals surface area (Å²) >= 11 is 0. The van der Waals surface area contributed by atoms with Gasteiger partial charge in [-0.3, -0.25) is 24.0 Å². The maximum Gasteiger partial charge on any atom is 0.332 e. The number of imidazole rings is 1. The Hall–Kier alpha value is -3.98. The molecule has 4 heterocycles. The number of nitrogens with two attached hydrogens (primary N) is 1. The molecule has 33 heavy (non-hydrogen) atoms. The molecule has 0 saturated carbocycles. The average molecular weight is 451 g/mol. The molecule has 12 heteroatoms. The fourth-order valence-electron chi connectivity index (χ4n) is 3.91. The summed E-state index contributed by atoms with van der Waals surface area (Å²) in [5, 5.41) is 2.49. The highest BCUT2D eigenvalue weighted by molar-refractivity contribution is 5.88. The predicted octanol–water partition coefficient (Wildman–Crippen LogP) is -0.724. The van der Waals surface area contributed by atoms with Crippen LogP contribution in [0.2, 0.25) is 0 Å². The van der Waals surface area contributed by atoms with Gasteiger partial charge in [0, 0.05) is 38.6 Å². The molecule has 0 spiro atoms. The highest BCUT2D eigenvalue weighted by Gasteiger charge is 2.26. The van der Waals surface area contributed by atoms with Crippen molar-refractivity contribution in [1.29, 1.82) is 0 Å². The Morgan fingerprint density at radius 1 is 1.27 bits per heavy atom. The van der Waals surface area contributed by atoms with Gasteiger partial charge in [0.1, 0.15) is 6.54 Å². The number of anilines is 2. The molecule has 0 radical (unpaired) electrons. The van der Waals surface area contributed by atoms with E-state index in [9.17, 15) is 14.4 Å². The molecule has 0 aliphatic carbocycles. The fraction of sp³-hybridized carbons (Fsp3) is 0.429. The van der Waals surface area contributed by atoms with Crippen molar-refractivity contribution >= 4 is 29.0 Å². The summed E-state index contributed by atoms with van der Waals surface area (Å²) in [5.74, 6) is 5.83. The van der Waals surface area contributed by atoms with E-state index in [1.807, 2.05) is 4.90 Å². The Morgan fingerprint density at radius 2 is 2.03 bits per heavy atom. The Bertz CT molecular complexity index is 1360. The number of nitrogens with one attached hydrogen (secondary N) is 1. The molecule has 12 nitrogen and oxygen atoms in total. The van der Waals surface area contributed by atoms with Crippen LogP contribution in [0.25, 0.3) is 11.2 Å². The summed E-state index contributed by atoms with van der Waals surface area (Å²) in [6, 6.07) is 1.60. The third-order valence-corrected chi connectivity index (χ3v) is 5.49. The minimum absolute atomic E-state index is 0.00588. The van der Waals surface area contributed by atoms with Crippen LogP contribution >= 0.6 is 0 Å². The van der Waals surface area contributed by atoms with E-state index in [2.05, 4.69) is 32.1 Å². The van der Waals surface area contributed by atoms with Gasteiger partial charge in [-0.25, -0.2) is 19.3 Å². The van der Waals surface area contributed by atoms with Gasteiger partial charge in [-0.05, 0) is 25.8 Å². The topological polar surface area (TPSA) is 146 Å². The van der Waals surface area contributed by atoms with Crippen LogP contribution in [0.3, 0.4) is 0 Å². The zero-order valence-electron chi connectivity index (χ0n) is 18.5. The Labute approximate surface area is 189 Å². The van der Waals surface area contributed by atoms with Crippen LogP contribution in [0.4, 0.5) is 11.9 Å². The van der Waals surface area contributed by atoms with Gasteiger partial charge < -0.3 is 10.6 Å². The van der Waals surface area contributed by atoms with Gasteiger partial charge in [-0.2, -0.15) is 4.98 Å². The summed E-state index contributed by atoms with van der Waals surface area (Å²) in [5.41, 5.74) is 5.33. The Morgan fingerprint density at radius 3 is 2.73 bits per heavy atom. The lowest BCUT2D eigenvalue weighted by Gasteiger charge is -2.31. The number of aromatic nitrogens is 6. The maximum atomic E-state index is 13.4. The van der Waals surface area contributed by atoms with Crippen molar-refractivity contribution in [3.8, 4) is 11.8 Å². The normalized spacial score (nSPS) is 15.8. The third-order valence-electron chi connectivity index (χ3n) is 5.49. The van der Waals surface area contributed by atoms with E-state index in [1.54, 1.807) is 17.6 Å². The number of piperidine rings is 1. The van der Waals surface area contributed by atoms with Crippen LogP contribution in [0, 0.1) is 11.8 Å². The second-order valence-electron chi connectivity index (χ2n) is 7.80. The lowest BCUT2D eigenvalue weighted by atomic mass is 10.1. The molecule has 4 rings (SSSR count). The molecule has 1 unspecified atom stereocenters. The number of carbonyl (C=O) groups is 1. The van der Waals surface area contributed by atoms with Gasteiger partial charge >= 0.3 is 5.69 Å². The summed E-state index contributed by atoms with van der Waals surface area (Å²) in [6.07, 6.45) is 4.76. The third kappa shape index (κ3) is 4.35. The van der Waals surface area contributed by atoms with Crippen LogP contribution in [-0.4, -0.2) is 53.7 Å². The molecular weight excluding hydrogens is 426 g/mol. The smallest absolute Gasteiger partial charge is 0.332 e. The molecule has 1 amide bonds. The van der Waals surface area contributed by atoms with Crippen LogP contribution in [-0.2, 0) is 24.9 Å². The molecule has 3 aromatic heterocycles. The van der Waals surface area contributed by atoms with Crippen molar-refractivity contribution in [2.75, 3.05) is 23.3 Å². The van der Waals surface area contributed by atoms with Crippen LogP contribution in [0.5, 0.6) is 0 Å². The van der Waals surface area contributed by atoms with Crippen LogP contribution < -0.4 is 27.2 Å². The largest absolute Gasteiger partial charge is 0.341 e. The van der Waals surface area contributed by atoms with Gasteiger partial charge in [-0.15, -0.1) is 5.92 Å². The van der Waals surface area contributed by atoms with E-state index in [0.29, 0.717) is 12.5 Å². The number of fused-ring (bicyclic) bond motifs is 1. The second kappa shape index (κ2) is 9.25. The highest BCUT2D eigenvalue weighted by Crippen LogP contribution is 2.22. The van der Waals surface area contributed by atoms with Gasteiger partial charge in [0.2, 0.25) is 17.8 Å². The molecule has 172 valence electrons. The average Bonchev–Trinajstić information content (AvgIpc) is 3.19. The Kier molecular flexibility index (Phi) is 6.23. The van der Waals surface area contributed by atoms with E-state index in [1.165, 1.54) is 24.0 Å². The van der Waals surface area contributed by atoms with E-state index >= 15 is 0 Å². The monoisotopic (exact) mass is 451 g/mol. The molecule has 1 fully saturated rings. The van der Waals surface area contributed by atoms with E-state index in [0.717, 1.165) is 24.0 Å². The minimum atomic E-state index is -0.648. The molecule has 1 saturated heterocycles. The SMILES string of the molecule is CC#CCn1c(N2CCCC(N)C2)nc2c1c(=O)n(CC(=O)Nc1ncccn1)c(=O)n2C. The zero-order chi connectivity index (χ0) is 23.5. The number of nitrogens with zero attached hydrogens (tertiary/aromatic N) is 7. The summed E-state index contributed by atoms with van der Waals surface area (Å²) in [6.45, 7) is 2.75. The number of aryl methyl sites for hydroxylation is 1. The minimum Gasteiger partial charge on any atom is -0.341 e. The summed E-state index contributed by atoms with van der Waals surface area (Å²) in [7, 11) is 1.52. The second-order valence-corrected chi connectivity index (χ2v) is 7.80. The lowest BCUT2D eigenvalue weighted by Crippen LogP contribution is -2.44. The molecule has 3 aromatic rings. The predicted molar refractivity (Wildman–Crippen MR) is 123 cm³/mol. The van der Waals surface area contributed by atoms with Gasteiger partial charge in [0.25, 0.3) is 5.56 Å². The van der Waals surface area contributed by atoms with E-state index in [-0.39, 0.29) is 29.7 Å². The first-order chi connectivity index (χ1) is 15.9. The fourth-order valence-corrected chi connectivity index (χ4v) is 3.91. The lowest BCUT2D eigenvalue weighted by molar-refractivity contribution is -0.116. The number of carbonyl (C=O) groups excluding carboxylic acids is 1. The van der Waals surface area contributed by atoms with Gasteiger partial charge in [0.05, 0.1) is 6.54 Å². The first-order valence-electron chi connectivity index (χ1n) is 10.6. The van der Waals surface area contributed by atoms with E-state index < -0.39 is 23.7 Å². The van der Waals surface area contributed by atoms with Gasteiger partial charge in [-0.1, -0.05) is 5.92 Å². The van der Waals surface area contributed by atoms with Crippen LogP contribution in [0.15, 0.2) is 28.0 Å². The van der Waals surface area contributed by atoms with Crippen molar-refractivity contribution < 1.29 is 4.79 Å². The van der Waals surface area contributed by atoms with Crippen molar-refractivity contribution in [1.82, 2.24) is 28.7 Å². The number of hydrogen-bond acceptors (Lipinski definition) is 8. The number of rotatable bonds is 5. The molecule has 1 atom stereocenters. The molecule has 3 N–H and O–H groups in total. The molecule has 1 aliphatic rings. The number of hydrogen-bond donors (Lipinski definition) is 2. The highest BCUT2D eigenvalue weighted by atomic mass is 16.2. The zero-order valence-corrected chi connectivity index (χ0v) is 18.5. The number of amides is 1. The Balaban J connectivity index is 1.81. The first-order valence-corrected chi connectivity index (χ1v) is 10.6. The summed E-state index contributed by atoms with van der Waals surface area (Å²) < 4.78 is 3.84.